The van der Waals surface area contributed by atoms with Crippen LogP contribution in [0.3, 0.4) is 0 Å². The molecule has 2 rings (SSSR count). The summed E-state index contributed by atoms with van der Waals surface area (Å²) in [5, 5.41) is 0. The molecule has 0 aliphatic rings. The lowest BCUT2D eigenvalue weighted by atomic mass is 10.1. The fourth-order valence-corrected chi connectivity index (χ4v) is 1.89. The van der Waals surface area contributed by atoms with Gasteiger partial charge in [-0.05, 0) is 31.5 Å². The van der Waals surface area contributed by atoms with Gasteiger partial charge in [-0.3, -0.25) is 0 Å². The molecule has 0 saturated heterocycles. The van der Waals surface area contributed by atoms with Crippen molar-refractivity contribution >= 4 is 0 Å². The average molecular weight is 269 g/mol. The topological polar surface area (TPSA) is 43.8 Å². The number of alkyl halides is 3. The van der Waals surface area contributed by atoms with E-state index in [9.17, 15) is 13.2 Å². The molecule has 0 atom stereocenters. The standard InChI is InChI=1S/C13H14F3N3/c1-8-9(2)19(7-18-8)12-4-3-10(6-17)5-11(12)13(14,15)16/h3-5,7H,6,17H2,1-2H3. The zero-order chi connectivity index (χ0) is 14.2. The van der Waals surface area contributed by atoms with E-state index < -0.39 is 11.7 Å². The summed E-state index contributed by atoms with van der Waals surface area (Å²) >= 11 is 0. The van der Waals surface area contributed by atoms with Crippen LogP contribution in [0.1, 0.15) is 22.5 Å². The SMILES string of the molecule is Cc1ncn(-c2ccc(CN)cc2C(F)(F)F)c1C. The fourth-order valence-electron chi connectivity index (χ4n) is 1.89. The van der Waals surface area contributed by atoms with Crippen LogP contribution in [-0.2, 0) is 12.7 Å². The van der Waals surface area contributed by atoms with Crippen molar-refractivity contribution in [3.8, 4) is 5.69 Å². The van der Waals surface area contributed by atoms with E-state index in [1.807, 2.05) is 0 Å². The molecular formula is C13H14F3N3. The van der Waals surface area contributed by atoms with Crippen molar-refractivity contribution in [3.05, 3.63) is 47.0 Å². The molecule has 0 aliphatic heterocycles. The molecule has 1 aromatic carbocycles. The highest BCUT2D eigenvalue weighted by Crippen LogP contribution is 2.35. The summed E-state index contributed by atoms with van der Waals surface area (Å²) in [7, 11) is 0. The molecule has 0 bridgehead atoms. The first-order valence-corrected chi connectivity index (χ1v) is 5.75. The van der Waals surface area contributed by atoms with Crippen molar-refractivity contribution in [2.75, 3.05) is 0 Å². The molecule has 19 heavy (non-hydrogen) atoms. The first-order valence-electron chi connectivity index (χ1n) is 5.75. The van der Waals surface area contributed by atoms with Crippen molar-refractivity contribution in [1.29, 1.82) is 0 Å². The Morgan fingerprint density at radius 1 is 1.26 bits per heavy atom. The highest BCUT2D eigenvalue weighted by molar-refractivity contribution is 5.47. The number of aryl methyl sites for hydroxylation is 1. The quantitative estimate of drug-likeness (QED) is 0.910. The number of hydrogen-bond donors (Lipinski definition) is 1. The first-order chi connectivity index (χ1) is 8.84. The average Bonchev–Trinajstić information content (AvgIpc) is 2.68. The van der Waals surface area contributed by atoms with Gasteiger partial charge in [-0.15, -0.1) is 0 Å². The molecule has 2 aromatic rings. The molecule has 3 nitrogen and oxygen atoms in total. The maximum absolute atomic E-state index is 13.1. The molecule has 1 heterocycles. The number of rotatable bonds is 2. The molecule has 0 amide bonds. The molecule has 0 fully saturated rings. The lowest BCUT2D eigenvalue weighted by molar-refractivity contribution is -0.137. The molecule has 1 aromatic heterocycles. The summed E-state index contributed by atoms with van der Waals surface area (Å²) in [5.74, 6) is 0. The third kappa shape index (κ3) is 2.49. The van der Waals surface area contributed by atoms with Crippen molar-refractivity contribution < 1.29 is 13.2 Å². The van der Waals surface area contributed by atoms with Crippen molar-refractivity contribution in [2.24, 2.45) is 5.73 Å². The van der Waals surface area contributed by atoms with E-state index in [1.165, 1.54) is 17.0 Å². The lowest BCUT2D eigenvalue weighted by Gasteiger charge is -2.16. The van der Waals surface area contributed by atoms with Crippen LogP contribution in [0.15, 0.2) is 24.5 Å². The van der Waals surface area contributed by atoms with Crippen LogP contribution in [0.2, 0.25) is 0 Å². The minimum Gasteiger partial charge on any atom is -0.326 e. The maximum atomic E-state index is 13.1. The Bertz CT molecular complexity index is 600. The predicted octanol–water partition coefficient (Wildman–Crippen LogP) is 2.97. The molecule has 0 saturated carbocycles. The summed E-state index contributed by atoms with van der Waals surface area (Å²) in [6.07, 6.45) is -3.03. The van der Waals surface area contributed by atoms with Crippen LogP contribution < -0.4 is 5.73 Å². The second kappa shape index (κ2) is 4.70. The first kappa shape index (κ1) is 13.6. The van der Waals surface area contributed by atoms with Gasteiger partial charge in [-0.1, -0.05) is 6.07 Å². The number of imidazole rings is 1. The van der Waals surface area contributed by atoms with Crippen LogP contribution in [0.5, 0.6) is 0 Å². The third-order valence-corrected chi connectivity index (χ3v) is 3.11. The van der Waals surface area contributed by atoms with Crippen molar-refractivity contribution in [3.63, 3.8) is 0 Å². The Balaban J connectivity index is 2.66. The smallest absolute Gasteiger partial charge is 0.326 e. The number of halogens is 3. The van der Waals surface area contributed by atoms with Gasteiger partial charge in [-0.25, -0.2) is 4.98 Å². The molecule has 2 N–H and O–H groups in total. The van der Waals surface area contributed by atoms with Crippen LogP contribution >= 0.6 is 0 Å². The van der Waals surface area contributed by atoms with E-state index in [1.54, 1.807) is 19.9 Å². The van der Waals surface area contributed by atoms with Gasteiger partial charge in [0.15, 0.2) is 0 Å². The van der Waals surface area contributed by atoms with Crippen LogP contribution in [-0.4, -0.2) is 9.55 Å². The minimum atomic E-state index is -4.43. The number of hydrogen-bond acceptors (Lipinski definition) is 2. The highest BCUT2D eigenvalue weighted by Gasteiger charge is 2.34. The van der Waals surface area contributed by atoms with Crippen LogP contribution in [0.4, 0.5) is 13.2 Å². The van der Waals surface area contributed by atoms with E-state index in [2.05, 4.69) is 4.98 Å². The monoisotopic (exact) mass is 269 g/mol. The molecular weight excluding hydrogens is 255 g/mol. The van der Waals surface area contributed by atoms with E-state index in [4.69, 9.17) is 5.73 Å². The number of nitrogens with two attached hydrogens (primary N) is 1. The van der Waals surface area contributed by atoms with Gasteiger partial charge >= 0.3 is 6.18 Å². The van der Waals surface area contributed by atoms with Gasteiger partial charge in [0.1, 0.15) is 0 Å². The normalized spacial score (nSPS) is 11.9. The largest absolute Gasteiger partial charge is 0.418 e. The summed E-state index contributed by atoms with van der Waals surface area (Å²) < 4.78 is 40.8. The van der Waals surface area contributed by atoms with Gasteiger partial charge in [0.25, 0.3) is 0 Å². The Hall–Kier alpha value is -1.82. The Morgan fingerprint density at radius 2 is 1.95 bits per heavy atom. The lowest BCUT2D eigenvalue weighted by Crippen LogP contribution is -2.12. The van der Waals surface area contributed by atoms with Crippen LogP contribution in [0, 0.1) is 13.8 Å². The summed E-state index contributed by atoms with van der Waals surface area (Å²) in [6, 6.07) is 4.11. The third-order valence-electron chi connectivity index (χ3n) is 3.11. The molecule has 0 aliphatic carbocycles. The van der Waals surface area contributed by atoms with E-state index in [0.717, 1.165) is 6.07 Å². The zero-order valence-corrected chi connectivity index (χ0v) is 10.6. The van der Waals surface area contributed by atoms with Gasteiger partial charge in [0, 0.05) is 12.2 Å². The number of aromatic nitrogens is 2. The van der Waals surface area contributed by atoms with Crippen LogP contribution in [0.25, 0.3) is 5.69 Å². The highest BCUT2D eigenvalue weighted by atomic mass is 19.4. The second-order valence-corrected chi connectivity index (χ2v) is 4.34. The fraction of sp³-hybridized carbons (Fsp3) is 0.308. The zero-order valence-electron chi connectivity index (χ0n) is 10.6. The predicted molar refractivity (Wildman–Crippen MR) is 65.9 cm³/mol. The van der Waals surface area contributed by atoms with Gasteiger partial charge < -0.3 is 10.3 Å². The van der Waals surface area contributed by atoms with E-state index >= 15 is 0 Å². The molecule has 0 unspecified atom stereocenters. The summed E-state index contributed by atoms with van der Waals surface area (Å²) in [4.78, 5) is 4.03. The Kier molecular flexibility index (Phi) is 3.36. The number of benzene rings is 1. The Morgan fingerprint density at radius 3 is 2.42 bits per heavy atom. The van der Waals surface area contributed by atoms with Gasteiger partial charge in [-0.2, -0.15) is 13.2 Å². The van der Waals surface area contributed by atoms with Gasteiger partial charge in [0.05, 0.1) is 23.3 Å². The number of nitrogens with zero attached hydrogens (tertiary/aromatic N) is 2. The van der Waals surface area contributed by atoms with E-state index in [-0.39, 0.29) is 12.2 Å². The maximum Gasteiger partial charge on any atom is 0.418 e. The van der Waals surface area contributed by atoms with Crippen molar-refractivity contribution in [2.45, 2.75) is 26.6 Å². The second-order valence-electron chi connectivity index (χ2n) is 4.34. The molecule has 102 valence electrons. The minimum absolute atomic E-state index is 0.0720. The summed E-state index contributed by atoms with van der Waals surface area (Å²) in [5.41, 5.74) is 6.61. The molecule has 0 spiro atoms. The van der Waals surface area contributed by atoms with Crippen molar-refractivity contribution in [1.82, 2.24) is 9.55 Å². The molecule has 0 radical (unpaired) electrons. The van der Waals surface area contributed by atoms with Gasteiger partial charge in [0.2, 0.25) is 0 Å². The van der Waals surface area contributed by atoms with E-state index in [0.29, 0.717) is 17.0 Å². The Labute approximate surface area is 108 Å². The molecule has 6 heteroatoms. The summed E-state index contributed by atoms with van der Waals surface area (Å²) in [6.45, 7) is 3.57.